The third-order valence-corrected chi connectivity index (χ3v) is 6.02. The van der Waals surface area contributed by atoms with E-state index in [1.54, 1.807) is 18.3 Å². The summed E-state index contributed by atoms with van der Waals surface area (Å²) in [5.41, 5.74) is 2.88. The topological polar surface area (TPSA) is 54.9 Å². The van der Waals surface area contributed by atoms with Crippen molar-refractivity contribution < 1.29 is 18.7 Å². The zero-order valence-corrected chi connectivity index (χ0v) is 20.0. The fourth-order valence-electron chi connectivity index (χ4n) is 4.43. The van der Waals surface area contributed by atoms with Gasteiger partial charge in [-0.25, -0.2) is 4.39 Å². The summed E-state index contributed by atoms with van der Waals surface area (Å²) in [6.45, 7) is 7.61. The molecule has 1 amide bonds. The molecule has 0 saturated carbocycles. The van der Waals surface area contributed by atoms with Crippen molar-refractivity contribution in [2.75, 3.05) is 33.4 Å². The molecule has 4 rings (SSSR count). The average Bonchev–Trinajstić information content (AvgIpc) is 2.84. The molecule has 7 heteroatoms. The number of carbonyl (C=O) groups is 1. The molecule has 2 heterocycles. The molecule has 1 aliphatic heterocycles. The Morgan fingerprint density at radius 1 is 1.26 bits per heavy atom. The molecule has 6 nitrogen and oxygen atoms in total. The van der Waals surface area contributed by atoms with Crippen molar-refractivity contribution in [2.45, 2.75) is 33.0 Å². The molecule has 1 saturated heterocycles. The highest BCUT2D eigenvalue weighted by Crippen LogP contribution is 2.22. The second-order valence-corrected chi connectivity index (χ2v) is 9.17. The summed E-state index contributed by atoms with van der Waals surface area (Å²) in [6, 6.07) is 14.9. The smallest absolute Gasteiger partial charge is 0.253 e. The zero-order chi connectivity index (χ0) is 24.1. The van der Waals surface area contributed by atoms with Gasteiger partial charge in [0.25, 0.3) is 5.91 Å². The van der Waals surface area contributed by atoms with Gasteiger partial charge >= 0.3 is 0 Å². The third-order valence-electron chi connectivity index (χ3n) is 6.02. The molecule has 0 spiro atoms. The number of methoxy groups -OCH3 is 1. The van der Waals surface area contributed by atoms with Crippen LogP contribution in [-0.2, 0) is 22.6 Å². The first kappa shape index (κ1) is 24.1. The molecule has 0 bridgehead atoms. The molecule has 1 aliphatic rings. The number of carbonyl (C=O) groups excluding carboxylic acids is 1. The molecule has 1 aromatic heterocycles. The van der Waals surface area contributed by atoms with Gasteiger partial charge in [0, 0.05) is 44.3 Å². The Kier molecular flexibility index (Phi) is 7.75. The number of benzene rings is 2. The van der Waals surface area contributed by atoms with E-state index in [-0.39, 0.29) is 17.5 Å². The van der Waals surface area contributed by atoms with Crippen molar-refractivity contribution in [2.24, 2.45) is 5.92 Å². The van der Waals surface area contributed by atoms with Crippen molar-refractivity contribution in [3.8, 4) is 5.75 Å². The van der Waals surface area contributed by atoms with Gasteiger partial charge in [-0.1, -0.05) is 44.2 Å². The van der Waals surface area contributed by atoms with E-state index in [9.17, 15) is 9.18 Å². The molecule has 34 heavy (non-hydrogen) atoms. The van der Waals surface area contributed by atoms with Gasteiger partial charge in [-0.2, -0.15) is 0 Å². The molecule has 1 fully saturated rings. The van der Waals surface area contributed by atoms with Crippen LogP contribution in [0.25, 0.3) is 10.9 Å². The quantitative estimate of drug-likeness (QED) is 0.497. The number of aromatic nitrogens is 1. The van der Waals surface area contributed by atoms with E-state index < -0.39 is 6.10 Å². The van der Waals surface area contributed by atoms with E-state index in [2.05, 4.69) is 23.7 Å². The average molecular weight is 466 g/mol. The van der Waals surface area contributed by atoms with Crippen LogP contribution in [0.2, 0.25) is 0 Å². The number of para-hydroxylation sites is 1. The number of pyridine rings is 1. The van der Waals surface area contributed by atoms with Crippen LogP contribution in [0.5, 0.6) is 5.75 Å². The Morgan fingerprint density at radius 3 is 2.88 bits per heavy atom. The van der Waals surface area contributed by atoms with Gasteiger partial charge in [-0.3, -0.25) is 14.7 Å². The Bertz CT molecular complexity index is 1130. The first-order valence-electron chi connectivity index (χ1n) is 11.7. The summed E-state index contributed by atoms with van der Waals surface area (Å²) in [6.07, 6.45) is 1.24. The van der Waals surface area contributed by atoms with E-state index in [1.807, 2.05) is 35.2 Å². The number of nitrogens with zero attached hydrogens (tertiary/aromatic N) is 3. The molecule has 0 N–H and O–H groups in total. The zero-order valence-electron chi connectivity index (χ0n) is 20.0. The van der Waals surface area contributed by atoms with E-state index in [4.69, 9.17) is 9.47 Å². The maximum atomic E-state index is 13.8. The minimum atomic E-state index is -0.544. The lowest BCUT2D eigenvalue weighted by Crippen LogP contribution is -2.51. The molecule has 0 radical (unpaired) electrons. The van der Waals surface area contributed by atoms with Gasteiger partial charge in [-0.05, 0) is 35.2 Å². The number of hydrogen-bond acceptors (Lipinski definition) is 5. The minimum absolute atomic E-state index is 0.0111. The largest absolute Gasteiger partial charge is 0.494 e. The van der Waals surface area contributed by atoms with E-state index in [0.29, 0.717) is 45.2 Å². The SMILES string of the molecule is COc1cc(CN2CCO[C@@H](C(=O)N(Cc3cccc4cccnc34)CC(C)C)C2)ccc1F. The molecule has 0 unspecified atom stereocenters. The molecule has 0 aliphatic carbocycles. The van der Waals surface area contributed by atoms with Crippen LogP contribution < -0.4 is 4.74 Å². The normalized spacial score (nSPS) is 16.7. The summed E-state index contributed by atoms with van der Waals surface area (Å²) in [5, 5.41) is 1.06. The second-order valence-electron chi connectivity index (χ2n) is 9.17. The Labute approximate surface area is 200 Å². The lowest BCUT2D eigenvalue weighted by atomic mass is 10.1. The molecule has 1 atom stereocenters. The van der Waals surface area contributed by atoms with Crippen molar-refractivity contribution in [1.29, 1.82) is 0 Å². The Morgan fingerprint density at radius 2 is 2.09 bits per heavy atom. The predicted octanol–water partition coefficient (Wildman–Crippen LogP) is 4.27. The highest BCUT2D eigenvalue weighted by atomic mass is 19.1. The molecule has 2 aromatic carbocycles. The number of hydrogen-bond donors (Lipinski definition) is 0. The molecular weight excluding hydrogens is 433 g/mol. The highest BCUT2D eigenvalue weighted by molar-refractivity contribution is 5.84. The Hall–Kier alpha value is -3.03. The van der Waals surface area contributed by atoms with E-state index in [1.165, 1.54) is 13.2 Å². The summed E-state index contributed by atoms with van der Waals surface area (Å²) in [4.78, 5) is 22.2. The van der Waals surface area contributed by atoms with E-state index in [0.717, 1.165) is 22.0 Å². The van der Waals surface area contributed by atoms with Crippen LogP contribution in [0.3, 0.4) is 0 Å². The fraction of sp³-hybridized carbons (Fsp3) is 0.407. The van der Waals surface area contributed by atoms with Crippen LogP contribution >= 0.6 is 0 Å². The second kappa shape index (κ2) is 10.9. The highest BCUT2D eigenvalue weighted by Gasteiger charge is 2.31. The van der Waals surface area contributed by atoms with Crippen molar-refractivity contribution in [3.63, 3.8) is 0 Å². The standard InChI is InChI=1S/C27H32FN3O3/c1-19(2)15-31(17-22-7-4-6-21-8-5-11-29-26(21)22)27(32)25-18-30(12-13-34-25)16-20-9-10-23(28)24(14-20)33-3/h4-11,14,19,25H,12-13,15-18H2,1-3H3/t25-/m1/s1. The fourth-order valence-corrected chi connectivity index (χ4v) is 4.43. The summed E-state index contributed by atoms with van der Waals surface area (Å²) < 4.78 is 24.8. The van der Waals surface area contributed by atoms with Crippen LogP contribution in [0, 0.1) is 11.7 Å². The maximum Gasteiger partial charge on any atom is 0.253 e. The number of fused-ring (bicyclic) bond motifs is 1. The first-order valence-corrected chi connectivity index (χ1v) is 11.7. The van der Waals surface area contributed by atoms with Gasteiger partial charge in [0.2, 0.25) is 0 Å². The van der Waals surface area contributed by atoms with Crippen molar-refractivity contribution in [1.82, 2.24) is 14.8 Å². The summed E-state index contributed by atoms with van der Waals surface area (Å²) in [5.74, 6) is 0.153. The van der Waals surface area contributed by atoms with Gasteiger partial charge < -0.3 is 14.4 Å². The van der Waals surface area contributed by atoms with Crippen LogP contribution in [0.15, 0.2) is 54.7 Å². The van der Waals surface area contributed by atoms with Crippen molar-refractivity contribution in [3.05, 3.63) is 71.7 Å². The number of morpholine rings is 1. The maximum absolute atomic E-state index is 13.8. The van der Waals surface area contributed by atoms with Crippen LogP contribution in [-0.4, -0.2) is 60.1 Å². The molecular formula is C27H32FN3O3. The summed E-state index contributed by atoms with van der Waals surface area (Å²) in [7, 11) is 1.46. The van der Waals surface area contributed by atoms with Gasteiger partial charge in [0.05, 0.1) is 19.2 Å². The number of halogens is 1. The lowest BCUT2D eigenvalue weighted by molar-refractivity contribution is -0.151. The van der Waals surface area contributed by atoms with Gasteiger partial charge in [-0.15, -0.1) is 0 Å². The van der Waals surface area contributed by atoms with Crippen molar-refractivity contribution >= 4 is 16.8 Å². The van der Waals surface area contributed by atoms with Gasteiger partial charge in [0.1, 0.15) is 6.10 Å². The number of ether oxygens (including phenoxy) is 2. The number of amides is 1. The third kappa shape index (κ3) is 5.72. The minimum Gasteiger partial charge on any atom is -0.494 e. The van der Waals surface area contributed by atoms with Crippen LogP contribution in [0.4, 0.5) is 4.39 Å². The molecule has 3 aromatic rings. The van der Waals surface area contributed by atoms with E-state index >= 15 is 0 Å². The van der Waals surface area contributed by atoms with Crippen LogP contribution in [0.1, 0.15) is 25.0 Å². The Balaban J connectivity index is 1.48. The predicted molar refractivity (Wildman–Crippen MR) is 130 cm³/mol. The lowest BCUT2D eigenvalue weighted by Gasteiger charge is -2.35. The number of rotatable bonds is 8. The first-order chi connectivity index (χ1) is 16.4. The monoisotopic (exact) mass is 465 g/mol. The van der Waals surface area contributed by atoms with Gasteiger partial charge in [0.15, 0.2) is 11.6 Å². The molecule has 180 valence electrons. The summed E-state index contributed by atoms with van der Waals surface area (Å²) >= 11 is 0.